The summed E-state index contributed by atoms with van der Waals surface area (Å²) in [6.45, 7) is 4.64. The number of nitrogens with one attached hydrogen (secondary N) is 1. The molecule has 6 heteroatoms. The average Bonchev–Trinajstić information content (AvgIpc) is 2.90. The lowest BCUT2D eigenvalue weighted by molar-refractivity contribution is -0.116. The summed E-state index contributed by atoms with van der Waals surface area (Å²) in [5.41, 5.74) is 0.712. The lowest BCUT2D eigenvalue weighted by atomic mass is 10.3. The van der Waals surface area contributed by atoms with Crippen molar-refractivity contribution >= 4 is 23.2 Å². The molecule has 0 radical (unpaired) electrons. The minimum Gasteiger partial charge on any atom is -0.371 e. The van der Waals surface area contributed by atoms with Gasteiger partial charge >= 0.3 is 0 Å². The number of rotatable bonds is 6. The molecule has 0 fully saturated rings. The first-order valence-corrected chi connectivity index (χ1v) is 7.16. The van der Waals surface area contributed by atoms with E-state index in [-0.39, 0.29) is 18.6 Å². The maximum atomic E-state index is 12.1. The van der Waals surface area contributed by atoms with Gasteiger partial charge < -0.3 is 14.6 Å². The van der Waals surface area contributed by atoms with Crippen molar-refractivity contribution in [3.63, 3.8) is 0 Å². The molecule has 112 valence electrons. The Kier molecular flexibility index (Phi) is 5.36. The number of halogens is 1. The molecule has 1 amide bonds. The topological polar surface area (TPSA) is 56.2 Å². The van der Waals surface area contributed by atoms with Crippen molar-refractivity contribution in [2.24, 2.45) is 0 Å². The minimum atomic E-state index is -0.145. The third kappa shape index (κ3) is 4.31. The molecule has 2 aromatic rings. The van der Waals surface area contributed by atoms with Crippen molar-refractivity contribution in [1.82, 2.24) is 9.55 Å². The summed E-state index contributed by atoms with van der Waals surface area (Å²) in [6, 6.07) is 6.99. The van der Waals surface area contributed by atoms with Gasteiger partial charge in [-0.25, -0.2) is 4.98 Å². The second-order valence-corrected chi connectivity index (χ2v) is 5.00. The maximum Gasteiger partial charge on any atom is 0.244 e. The summed E-state index contributed by atoms with van der Waals surface area (Å²) in [5.74, 6) is 0.614. The molecule has 0 aliphatic heterocycles. The van der Waals surface area contributed by atoms with Crippen LogP contribution in [0.2, 0.25) is 5.02 Å². The number of benzene rings is 1. The summed E-state index contributed by atoms with van der Waals surface area (Å²) < 4.78 is 7.29. The standard InChI is InChI=1S/C15H18ClN3O2/c1-3-21-11(2)15-17-8-9-19(15)10-14(20)18-13-6-4-12(16)5-7-13/h4-9,11H,3,10H2,1-2H3,(H,18,20)/t11-/m0/s1. The molecule has 0 saturated carbocycles. The number of carbonyl (C=O) groups is 1. The summed E-state index contributed by atoms with van der Waals surface area (Å²) >= 11 is 5.81. The molecule has 0 saturated heterocycles. The molecular weight excluding hydrogens is 290 g/mol. The summed E-state index contributed by atoms with van der Waals surface area (Å²) in [4.78, 5) is 16.3. The Labute approximate surface area is 128 Å². The van der Waals surface area contributed by atoms with E-state index in [9.17, 15) is 4.79 Å². The molecule has 0 bridgehead atoms. The number of hydrogen-bond donors (Lipinski definition) is 1. The zero-order valence-electron chi connectivity index (χ0n) is 12.0. The predicted molar refractivity (Wildman–Crippen MR) is 82.3 cm³/mol. The Morgan fingerprint density at radius 2 is 2.14 bits per heavy atom. The number of anilines is 1. The monoisotopic (exact) mass is 307 g/mol. The molecule has 5 nitrogen and oxygen atoms in total. The van der Waals surface area contributed by atoms with Crippen molar-refractivity contribution in [3.8, 4) is 0 Å². The fourth-order valence-electron chi connectivity index (χ4n) is 2.03. The Hall–Kier alpha value is -1.85. The summed E-state index contributed by atoms with van der Waals surface area (Å²) in [5, 5.41) is 3.45. The van der Waals surface area contributed by atoms with Crippen molar-refractivity contribution in [3.05, 3.63) is 47.5 Å². The van der Waals surface area contributed by atoms with E-state index in [1.807, 2.05) is 13.8 Å². The number of amides is 1. The molecule has 0 aliphatic carbocycles. The number of hydrogen-bond acceptors (Lipinski definition) is 3. The van der Waals surface area contributed by atoms with Gasteiger partial charge in [-0.15, -0.1) is 0 Å². The number of carbonyl (C=O) groups excluding carboxylic acids is 1. The SMILES string of the molecule is CCO[C@@H](C)c1nccn1CC(=O)Nc1ccc(Cl)cc1. The van der Waals surface area contributed by atoms with E-state index in [2.05, 4.69) is 10.3 Å². The first-order chi connectivity index (χ1) is 10.1. The number of imidazole rings is 1. The van der Waals surface area contributed by atoms with Gasteiger partial charge in [0, 0.05) is 29.7 Å². The van der Waals surface area contributed by atoms with Crippen LogP contribution in [0.1, 0.15) is 25.8 Å². The van der Waals surface area contributed by atoms with Gasteiger partial charge in [-0.3, -0.25) is 4.79 Å². The average molecular weight is 308 g/mol. The van der Waals surface area contributed by atoms with Crippen LogP contribution >= 0.6 is 11.6 Å². The van der Waals surface area contributed by atoms with E-state index < -0.39 is 0 Å². The van der Waals surface area contributed by atoms with Crippen LogP contribution in [0.15, 0.2) is 36.7 Å². The molecule has 1 atom stereocenters. The van der Waals surface area contributed by atoms with Gasteiger partial charge in [-0.2, -0.15) is 0 Å². The fourth-order valence-corrected chi connectivity index (χ4v) is 2.15. The highest BCUT2D eigenvalue weighted by molar-refractivity contribution is 6.30. The van der Waals surface area contributed by atoms with E-state index in [0.29, 0.717) is 17.3 Å². The molecule has 0 spiro atoms. The molecular formula is C15H18ClN3O2. The summed E-state index contributed by atoms with van der Waals surface area (Å²) in [7, 11) is 0. The third-order valence-electron chi connectivity index (χ3n) is 2.97. The number of ether oxygens (including phenoxy) is 1. The molecule has 0 aliphatic rings. The van der Waals surface area contributed by atoms with E-state index in [1.54, 1.807) is 41.2 Å². The van der Waals surface area contributed by atoms with Gasteiger partial charge in [0.2, 0.25) is 5.91 Å². The van der Waals surface area contributed by atoms with Crippen molar-refractivity contribution in [2.75, 3.05) is 11.9 Å². The summed E-state index contributed by atoms with van der Waals surface area (Å²) in [6.07, 6.45) is 3.29. The predicted octanol–water partition coefficient (Wildman–Crippen LogP) is 3.27. The van der Waals surface area contributed by atoms with Crippen molar-refractivity contribution < 1.29 is 9.53 Å². The molecule has 0 unspecified atom stereocenters. The number of nitrogens with zero attached hydrogens (tertiary/aromatic N) is 2. The highest BCUT2D eigenvalue weighted by Crippen LogP contribution is 2.16. The van der Waals surface area contributed by atoms with Crippen LogP contribution in [0.25, 0.3) is 0 Å². The molecule has 1 aromatic carbocycles. The van der Waals surface area contributed by atoms with E-state index in [4.69, 9.17) is 16.3 Å². The molecule has 1 heterocycles. The lowest BCUT2D eigenvalue weighted by Gasteiger charge is -2.14. The van der Waals surface area contributed by atoms with E-state index in [0.717, 1.165) is 5.82 Å². The van der Waals surface area contributed by atoms with Crippen LogP contribution in [0.3, 0.4) is 0 Å². The Morgan fingerprint density at radius 1 is 1.43 bits per heavy atom. The van der Waals surface area contributed by atoms with Crippen LogP contribution in [0.4, 0.5) is 5.69 Å². The fraction of sp³-hybridized carbons (Fsp3) is 0.333. The van der Waals surface area contributed by atoms with Crippen LogP contribution in [0, 0.1) is 0 Å². The van der Waals surface area contributed by atoms with Gasteiger partial charge in [-0.1, -0.05) is 11.6 Å². The van der Waals surface area contributed by atoms with Gasteiger partial charge in [-0.05, 0) is 38.1 Å². The zero-order chi connectivity index (χ0) is 15.2. The molecule has 1 N–H and O–H groups in total. The van der Waals surface area contributed by atoms with Crippen molar-refractivity contribution in [2.45, 2.75) is 26.5 Å². The second-order valence-electron chi connectivity index (χ2n) is 4.57. The minimum absolute atomic E-state index is 0.125. The van der Waals surface area contributed by atoms with Crippen LogP contribution in [0.5, 0.6) is 0 Å². The molecule has 2 rings (SSSR count). The van der Waals surface area contributed by atoms with Gasteiger partial charge in [0.1, 0.15) is 18.5 Å². The van der Waals surface area contributed by atoms with Crippen LogP contribution in [-0.2, 0) is 16.1 Å². The Balaban J connectivity index is 2.00. The highest BCUT2D eigenvalue weighted by Gasteiger charge is 2.14. The van der Waals surface area contributed by atoms with Gasteiger partial charge in [0.05, 0.1) is 0 Å². The maximum absolute atomic E-state index is 12.1. The Bertz CT molecular complexity index is 595. The van der Waals surface area contributed by atoms with Crippen LogP contribution < -0.4 is 5.32 Å². The largest absolute Gasteiger partial charge is 0.371 e. The lowest BCUT2D eigenvalue weighted by Crippen LogP contribution is -2.21. The molecule has 1 aromatic heterocycles. The van der Waals surface area contributed by atoms with Gasteiger partial charge in [0.15, 0.2) is 0 Å². The zero-order valence-corrected chi connectivity index (χ0v) is 12.8. The highest BCUT2D eigenvalue weighted by atomic mass is 35.5. The van der Waals surface area contributed by atoms with Gasteiger partial charge in [0.25, 0.3) is 0 Å². The quantitative estimate of drug-likeness (QED) is 0.891. The molecule has 21 heavy (non-hydrogen) atoms. The van der Waals surface area contributed by atoms with Crippen molar-refractivity contribution in [1.29, 1.82) is 0 Å². The second kappa shape index (κ2) is 7.24. The first-order valence-electron chi connectivity index (χ1n) is 6.78. The van der Waals surface area contributed by atoms with E-state index >= 15 is 0 Å². The van der Waals surface area contributed by atoms with Crippen LogP contribution in [-0.4, -0.2) is 22.1 Å². The normalized spacial score (nSPS) is 12.1. The third-order valence-corrected chi connectivity index (χ3v) is 3.22. The van der Waals surface area contributed by atoms with E-state index in [1.165, 1.54) is 0 Å². The number of aromatic nitrogens is 2. The Morgan fingerprint density at radius 3 is 2.81 bits per heavy atom. The first kappa shape index (κ1) is 15.5. The smallest absolute Gasteiger partial charge is 0.244 e.